The number of ether oxygens (including phenoxy) is 5. The zero-order chi connectivity index (χ0) is 58.0. The van der Waals surface area contributed by atoms with Gasteiger partial charge in [-0.05, 0) is 119 Å². The summed E-state index contributed by atoms with van der Waals surface area (Å²) in [7, 11) is 6.20. The molecule has 0 spiro atoms. The summed E-state index contributed by atoms with van der Waals surface area (Å²) in [4.78, 5) is 128. The average Bonchev–Trinajstić information content (AvgIpc) is 3.99. The van der Waals surface area contributed by atoms with Crippen LogP contribution in [0.15, 0.2) is 85.5 Å². The van der Waals surface area contributed by atoms with Crippen molar-refractivity contribution in [1.82, 2.24) is 30.2 Å². The van der Waals surface area contributed by atoms with Gasteiger partial charge < -0.3 is 53.9 Å². The number of rotatable bonds is 27. The molecule has 2 aliphatic heterocycles. The van der Waals surface area contributed by atoms with Gasteiger partial charge in [-0.1, -0.05) is 69.0 Å². The van der Waals surface area contributed by atoms with Crippen LogP contribution in [0.4, 0.5) is 0 Å². The van der Waals surface area contributed by atoms with Crippen LogP contribution < -0.4 is 24.8 Å². The molecule has 79 heavy (non-hydrogen) atoms. The van der Waals surface area contributed by atoms with E-state index in [9.17, 15) is 43.2 Å². The third-order valence-electron chi connectivity index (χ3n) is 14.2. The molecule has 20 heteroatoms. The molecular formula is C59H78N6O14. The van der Waals surface area contributed by atoms with Gasteiger partial charge in [-0.2, -0.15) is 0 Å². The lowest BCUT2D eigenvalue weighted by Gasteiger charge is -2.36. The van der Waals surface area contributed by atoms with Gasteiger partial charge >= 0.3 is 11.9 Å². The van der Waals surface area contributed by atoms with Gasteiger partial charge in [-0.25, -0.2) is 9.59 Å². The predicted molar refractivity (Wildman–Crippen MR) is 292 cm³/mol. The molecule has 0 saturated carbocycles. The first-order valence-corrected chi connectivity index (χ1v) is 26.9. The standard InChI is InChI=1S/C59H78N6O14/c1-11-51(68)78-37-59(5,6)53(69)57(73)65-30-17-16-24-44(65)58(74)79-46(28-26-39-27-29-47(75-9)48(33-39)76-10)41-22-18-23-42(34-41)77-36-50(67)63(8)45(32-38(3)4)55(71)64-31-19-25-43(64)54(70)60-35-49(66)61-52(56(72)62(7)12-2)40-20-14-13-15-21-40/h11,13-15,18,20-23,27,29,33-34,38,43-46,52H,1,12,16-17,19,24-26,28,30-32,35-37H2,2-10H3,(H,60,70)(H,61,66)/t43-,44+,45+,46-,52-/m1/s1. The number of nitrogens with one attached hydrogen (secondary N) is 2. The summed E-state index contributed by atoms with van der Waals surface area (Å²) in [6, 6.07) is 17.0. The fourth-order valence-corrected chi connectivity index (χ4v) is 9.46. The molecular weight excluding hydrogens is 1020 g/mol. The number of likely N-dealkylation sites (tertiary alicyclic amines) is 2. The molecule has 0 aromatic heterocycles. The predicted octanol–water partition coefficient (Wildman–Crippen LogP) is 5.32. The molecule has 0 aliphatic carbocycles. The van der Waals surface area contributed by atoms with Crippen molar-refractivity contribution in [3.8, 4) is 17.2 Å². The number of benzene rings is 3. The summed E-state index contributed by atoms with van der Waals surface area (Å²) in [5.74, 6) is -4.31. The number of nitrogens with zero attached hydrogens (tertiary/aromatic N) is 4. The van der Waals surface area contributed by atoms with Crippen molar-refractivity contribution in [2.75, 3.05) is 67.7 Å². The highest BCUT2D eigenvalue weighted by molar-refractivity contribution is 6.38. The Morgan fingerprint density at radius 3 is 2.18 bits per heavy atom. The molecule has 2 saturated heterocycles. The SMILES string of the molecule is C=CC(=O)OCC(C)(C)C(=O)C(=O)N1CCCC[C@H]1C(=O)O[C@H](CCc1ccc(OC)c(OC)c1)c1cccc(OCC(=O)N(C)[C@@H](CC(C)C)C(=O)N2CCC[C@@H]2C(=O)NCC(=O)N[C@@H](C(=O)N(C)CC)c2ccccc2)c1. The number of carbonyl (C=O) groups is 9. The van der Waals surface area contributed by atoms with Gasteiger partial charge in [-0.3, -0.25) is 33.6 Å². The minimum Gasteiger partial charge on any atom is -0.493 e. The molecule has 2 heterocycles. The molecule has 2 fully saturated rings. The van der Waals surface area contributed by atoms with Crippen molar-refractivity contribution in [1.29, 1.82) is 0 Å². The number of hydrogen-bond donors (Lipinski definition) is 2. The summed E-state index contributed by atoms with van der Waals surface area (Å²) in [6.45, 7) is 11.5. The summed E-state index contributed by atoms with van der Waals surface area (Å²) >= 11 is 0. The number of piperidine rings is 1. The maximum Gasteiger partial charge on any atom is 0.330 e. The largest absolute Gasteiger partial charge is 0.493 e. The van der Waals surface area contributed by atoms with Crippen LogP contribution in [0.1, 0.15) is 108 Å². The van der Waals surface area contributed by atoms with E-state index in [1.807, 2.05) is 32.9 Å². The zero-order valence-electron chi connectivity index (χ0n) is 47.1. The number of esters is 2. The number of methoxy groups -OCH3 is 2. The molecule has 0 unspecified atom stereocenters. The van der Waals surface area contributed by atoms with Gasteiger partial charge in [0.15, 0.2) is 18.1 Å². The first-order chi connectivity index (χ1) is 37.6. The first-order valence-electron chi connectivity index (χ1n) is 26.9. The van der Waals surface area contributed by atoms with Crippen molar-refractivity contribution >= 4 is 53.2 Å². The van der Waals surface area contributed by atoms with E-state index in [-0.39, 0.29) is 56.5 Å². The van der Waals surface area contributed by atoms with E-state index in [0.717, 1.165) is 11.6 Å². The second kappa shape index (κ2) is 29.3. The van der Waals surface area contributed by atoms with Crippen molar-refractivity contribution in [2.45, 2.75) is 116 Å². The van der Waals surface area contributed by atoms with E-state index in [2.05, 4.69) is 17.2 Å². The third kappa shape index (κ3) is 16.9. The summed E-state index contributed by atoms with van der Waals surface area (Å²) in [6.07, 6.45) is 3.21. The van der Waals surface area contributed by atoms with Gasteiger partial charge in [0.2, 0.25) is 29.4 Å². The highest BCUT2D eigenvalue weighted by Gasteiger charge is 2.43. The molecule has 3 aromatic carbocycles. The summed E-state index contributed by atoms with van der Waals surface area (Å²) in [5.41, 5.74) is 0.548. The summed E-state index contributed by atoms with van der Waals surface area (Å²) in [5, 5.41) is 5.40. The van der Waals surface area contributed by atoms with E-state index >= 15 is 0 Å². The Hall–Kier alpha value is -7.77. The minimum absolute atomic E-state index is 0.0360. The average molecular weight is 1100 g/mol. The Bertz CT molecular complexity index is 2660. The lowest BCUT2D eigenvalue weighted by atomic mass is 9.87. The van der Waals surface area contributed by atoms with Crippen LogP contribution >= 0.6 is 0 Å². The Balaban J connectivity index is 1.29. The molecule has 3 aromatic rings. The number of hydrogen-bond acceptors (Lipinski definition) is 14. The maximum absolute atomic E-state index is 14.4. The molecule has 0 radical (unpaired) electrons. The molecule has 5 atom stereocenters. The summed E-state index contributed by atoms with van der Waals surface area (Å²) < 4.78 is 28.4. The van der Waals surface area contributed by atoms with Gasteiger partial charge in [0.25, 0.3) is 11.8 Å². The Labute approximate surface area is 463 Å². The van der Waals surface area contributed by atoms with Crippen LogP contribution in [-0.4, -0.2) is 159 Å². The smallest absolute Gasteiger partial charge is 0.330 e. The quantitative estimate of drug-likeness (QED) is 0.0559. The fourth-order valence-electron chi connectivity index (χ4n) is 9.46. The Kier molecular flexibility index (Phi) is 23.0. The van der Waals surface area contributed by atoms with Crippen molar-refractivity contribution < 1.29 is 66.8 Å². The van der Waals surface area contributed by atoms with Crippen LogP contribution in [0.25, 0.3) is 0 Å². The Morgan fingerprint density at radius 1 is 0.823 bits per heavy atom. The molecule has 0 bridgehead atoms. The highest BCUT2D eigenvalue weighted by Crippen LogP contribution is 2.33. The van der Waals surface area contributed by atoms with E-state index in [0.29, 0.717) is 61.3 Å². The molecule has 6 amide bonds. The highest BCUT2D eigenvalue weighted by atomic mass is 16.5. The maximum atomic E-state index is 14.4. The number of amides is 6. The van der Waals surface area contributed by atoms with Crippen molar-refractivity contribution in [3.63, 3.8) is 0 Å². The van der Waals surface area contributed by atoms with Gasteiger partial charge in [0.05, 0.1) is 26.2 Å². The van der Waals surface area contributed by atoms with Crippen molar-refractivity contribution in [3.05, 3.63) is 102 Å². The third-order valence-corrected chi connectivity index (χ3v) is 14.2. The lowest BCUT2D eigenvalue weighted by Crippen LogP contribution is -2.55. The van der Waals surface area contributed by atoms with Gasteiger partial charge in [0.1, 0.15) is 42.6 Å². The molecule has 2 N–H and O–H groups in total. The lowest BCUT2D eigenvalue weighted by molar-refractivity contribution is -0.165. The Morgan fingerprint density at radius 2 is 1.51 bits per heavy atom. The van der Waals surface area contributed by atoms with E-state index in [4.69, 9.17) is 23.7 Å². The monoisotopic (exact) mass is 1090 g/mol. The topological polar surface area (TPSA) is 237 Å². The molecule has 5 rings (SSSR count). The normalized spacial score (nSPS) is 16.3. The van der Waals surface area contributed by atoms with Crippen molar-refractivity contribution in [2.24, 2.45) is 11.3 Å². The number of Topliss-reactive ketones (excluding diaryl/α,β-unsaturated/α-hetero) is 1. The van der Waals surface area contributed by atoms with Crippen LogP contribution in [0, 0.1) is 11.3 Å². The van der Waals surface area contributed by atoms with Crippen LogP contribution in [0.2, 0.25) is 0 Å². The van der Waals surface area contributed by atoms with E-state index in [1.165, 1.54) is 54.7 Å². The van der Waals surface area contributed by atoms with E-state index < -0.39 is 96.1 Å². The minimum atomic E-state index is -1.40. The fraction of sp³-hybridized carbons (Fsp3) is 0.508. The zero-order valence-corrected chi connectivity index (χ0v) is 47.1. The van der Waals surface area contributed by atoms with Gasteiger partial charge in [0, 0.05) is 39.8 Å². The number of carbonyl (C=O) groups excluding carboxylic acids is 9. The number of aryl methyl sites for hydroxylation is 1. The molecule has 2 aliphatic rings. The number of ketones is 1. The molecule has 428 valence electrons. The van der Waals surface area contributed by atoms with Gasteiger partial charge in [-0.15, -0.1) is 0 Å². The van der Waals surface area contributed by atoms with Crippen LogP contribution in [0.3, 0.4) is 0 Å². The van der Waals surface area contributed by atoms with E-state index in [1.54, 1.807) is 67.7 Å². The number of likely N-dealkylation sites (N-methyl/N-ethyl adjacent to an activating group) is 2. The van der Waals surface area contributed by atoms with Crippen LogP contribution in [-0.2, 0) is 59.0 Å². The first kappa shape index (κ1) is 62.1. The molecule has 20 nitrogen and oxygen atoms in total. The second-order valence-corrected chi connectivity index (χ2v) is 20.9. The van der Waals surface area contributed by atoms with Crippen LogP contribution in [0.5, 0.6) is 17.2 Å². The second-order valence-electron chi connectivity index (χ2n) is 20.9.